The fourth-order valence-electron chi connectivity index (χ4n) is 2.44. The second kappa shape index (κ2) is 11.2. The van der Waals surface area contributed by atoms with E-state index in [2.05, 4.69) is 15.8 Å². The standard InChI is InChI=1S/C21H23N3O6/c1-3-29-18-11-15(9-10-17(18)30-13-19(25)26)12-22-24-21(28)20(27)23-14(2)16-7-5-4-6-8-16/h4-12,14H,3,13H2,1-2H3,(H,23,27)(H,24,28)(H,25,26)/b22-12-/t14-/m0/s1. The average Bonchev–Trinajstić information content (AvgIpc) is 2.73. The molecule has 0 spiro atoms. The number of benzene rings is 2. The van der Waals surface area contributed by atoms with Gasteiger partial charge in [-0.2, -0.15) is 5.10 Å². The normalized spacial score (nSPS) is 11.5. The van der Waals surface area contributed by atoms with Crippen LogP contribution in [-0.4, -0.2) is 42.3 Å². The summed E-state index contributed by atoms with van der Waals surface area (Å²) >= 11 is 0. The third-order valence-corrected chi connectivity index (χ3v) is 3.85. The van der Waals surface area contributed by atoms with E-state index in [0.29, 0.717) is 17.9 Å². The Bertz CT molecular complexity index is 914. The van der Waals surface area contributed by atoms with Gasteiger partial charge in [0.2, 0.25) is 0 Å². The van der Waals surface area contributed by atoms with Crippen LogP contribution in [0, 0.1) is 0 Å². The molecule has 3 N–H and O–H groups in total. The summed E-state index contributed by atoms with van der Waals surface area (Å²) in [5.74, 6) is -2.21. The molecule has 0 heterocycles. The number of rotatable bonds is 9. The molecule has 0 saturated carbocycles. The maximum absolute atomic E-state index is 12.0. The molecule has 9 nitrogen and oxygen atoms in total. The smallest absolute Gasteiger partial charge is 0.341 e. The van der Waals surface area contributed by atoms with E-state index >= 15 is 0 Å². The Morgan fingerprint density at radius 3 is 2.47 bits per heavy atom. The van der Waals surface area contributed by atoms with Crippen LogP contribution in [-0.2, 0) is 14.4 Å². The van der Waals surface area contributed by atoms with Gasteiger partial charge in [-0.25, -0.2) is 10.2 Å². The Kier molecular flexibility index (Phi) is 8.37. The van der Waals surface area contributed by atoms with E-state index < -0.39 is 24.4 Å². The molecule has 2 rings (SSSR count). The fraction of sp³-hybridized carbons (Fsp3) is 0.238. The van der Waals surface area contributed by atoms with Crippen LogP contribution in [0.5, 0.6) is 11.5 Å². The van der Waals surface area contributed by atoms with E-state index in [4.69, 9.17) is 14.6 Å². The minimum Gasteiger partial charge on any atom is -0.490 e. The van der Waals surface area contributed by atoms with E-state index in [0.717, 1.165) is 5.56 Å². The predicted molar refractivity (Wildman–Crippen MR) is 109 cm³/mol. The minimum absolute atomic E-state index is 0.273. The first kappa shape index (κ1) is 22.4. The van der Waals surface area contributed by atoms with Crippen LogP contribution in [0.4, 0.5) is 0 Å². The quantitative estimate of drug-likeness (QED) is 0.327. The highest BCUT2D eigenvalue weighted by Gasteiger charge is 2.16. The predicted octanol–water partition coefficient (Wildman–Crippen LogP) is 1.88. The van der Waals surface area contributed by atoms with Gasteiger partial charge in [-0.1, -0.05) is 30.3 Å². The Balaban J connectivity index is 1.94. The van der Waals surface area contributed by atoms with Crippen molar-refractivity contribution in [3.8, 4) is 11.5 Å². The molecule has 0 radical (unpaired) electrons. The zero-order valence-corrected chi connectivity index (χ0v) is 16.6. The van der Waals surface area contributed by atoms with Crippen molar-refractivity contribution in [2.75, 3.05) is 13.2 Å². The number of carboxylic acids is 1. The molecule has 0 bridgehead atoms. The molecule has 2 amide bonds. The van der Waals surface area contributed by atoms with Gasteiger partial charge in [0, 0.05) is 0 Å². The lowest BCUT2D eigenvalue weighted by atomic mass is 10.1. The summed E-state index contributed by atoms with van der Waals surface area (Å²) in [6.07, 6.45) is 1.33. The highest BCUT2D eigenvalue weighted by atomic mass is 16.5. The minimum atomic E-state index is -1.11. The number of ether oxygens (including phenoxy) is 2. The van der Waals surface area contributed by atoms with Gasteiger partial charge >= 0.3 is 17.8 Å². The molecular weight excluding hydrogens is 390 g/mol. The van der Waals surface area contributed by atoms with Crippen LogP contribution in [0.3, 0.4) is 0 Å². The zero-order valence-electron chi connectivity index (χ0n) is 16.6. The molecule has 158 valence electrons. The van der Waals surface area contributed by atoms with Gasteiger partial charge in [0.05, 0.1) is 18.9 Å². The number of nitrogens with one attached hydrogen (secondary N) is 2. The van der Waals surface area contributed by atoms with Crippen molar-refractivity contribution in [3.05, 3.63) is 59.7 Å². The van der Waals surface area contributed by atoms with E-state index in [1.165, 1.54) is 12.3 Å². The summed E-state index contributed by atoms with van der Waals surface area (Å²) in [6, 6.07) is 13.6. The maximum Gasteiger partial charge on any atom is 0.341 e. The van der Waals surface area contributed by atoms with Crippen LogP contribution in [0.2, 0.25) is 0 Å². The Morgan fingerprint density at radius 1 is 1.07 bits per heavy atom. The summed E-state index contributed by atoms with van der Waals surface area (Å²) in [5, 5.41) is 15.1. The number of carbonyl (C=O) groups is 3. The number of hydrogen-bond acceptors (Lipinski definition) is 6. The van der Waals surface area contributed by atoms with E-state index in [-0.39, 0.29) is 11.8 Å². The lowest BCUT2D eigenvalue weighted by Crippen LogP contribution is -2.39. The van der Waals surface area contributed by atoms with Gasteiger partial charge in [0.1, 0.15) is 0 Å². The molecule has 2 aromatic carbocycles. The fourth-order valence-corrected chi connectivity index (χ4v) is 2.44. The molecule has 0 aromatic heterocycles. The van der Waals surface area contributed by atoms with Gasteiger partial charge in [0.15, 0.2) is 18.1 Å². The number of amides is 2. The molecule has 0 fully saturated rings. The maximum atomic E-state index is 12.0. The first-order valence-corrected chi connectivity index (χ1v) is 9.21. The molecule has 0 aliphatic heterocycles. The SMILES string of the molecule is CCOc1cc(/C=N\NC(=O)C(=O)N[C@@H](C)c2ccccc2)ccc1OCC(=O)O. The van der Waals surface area contributed by atoms with E-state index in [9.17, 15) is 14.4 Å². The van der Waals surface area contributed by atoms with Crippen molar-refractivity contribution in [2.24, 2.45) is 5.10 Å². The molecule has 0 unspecified atom stereocenters. The third-order valence-electron chi connectivity index (χ3n) is 3.85. The molecule has 30 heavy (non-hydrogen) atoms. The van der Waals surface area contributed by atoms with Crippen molar-refractivity contribution >= 4 is 24.0 Å². The Morgan fingerprint density at radius 2 is 1.80 bits per heavy atom. The first-order chi connectivity index (χ1) is 14.4. The number of hydrogen-bond donors (Lipinski definition) is 3. The lowest BCUT2D eigenvalue weighted by molar-refractivity contribution is -0.139. The monoisotopic (exact) mass is 413 g/mol. The van der Waals surface area contributed by atoms with Crippen molar-refractivity contribution in [3.63, 3.8) is 0 Å². The second-order valence-corrected chi connectivity index (χ2v) is 6.13. The summed E-state index contributed by atoms with van der Waals surface area (Å²) in [4.78, 5) is 34.6. The van der Waals surface area contributed by atoms with Crippen LogP contribution < -0.4 is 20.2 Å². The number of carbonyl (C=O) groups excluding carboxylic acids is 2. The van der Waals surface area contributed by atoms with Gasteiger partial charge in [-0.15, -0.1) is 0 Å². The highest BCUT2D eigenvalue weighted by molar-refractivity contribution is 6.35. The van der Waals surface area contributed by atoms with Crippen molar-refractivity contribution in [2.45, 2.75) is 19.9 Å². The van der Waals surface area contributed by atoms with Gasteiger partial charge in [0.25, 0.3) is 0 Å². The van der Waals surface area contributed by atoms with Crippen molar-refractivity contribution in [1.29, 1.82) is 0 Å². The van der Waals surface area contributed by atoms with E-state index in [1.807, 2.05) is 30.3 Å². The lowest BCUT2D eigenvalue weighted by Gasteiger charge is -2.13. The number of carboxylic acid groups (broad SMARTS) is 1. The summed E-state index contributed by atoms with van der Waals surface area (Å²) < 4.78 is 10.6. The summed E-state index contributed by atoms with van der Waals surface area (Å²) in [7, 11) is 0. The topological polar surface area (TPSA) is 126 Å². The molecular formula is C21H23N3O6. The first-order valence-electron chi connectivity index (χ1n) is 9.21. The molecule has 0 aliphatic rings. The highest BCUT2D eigenvalue weighted by Crippen LogP contribution is 2.28. The third kappa shape index (κ3) is 6.93. The summed E-state index contributed by atoms with van der Waals surface area (Å²) in [6.45, 7) is 3.39. The number of nitrogens with zero attached hydrogens (tertiary/aromatic N) is 1. The Labute approximate surface area is 173 Å². The summed E-state index contributed by atoms with van der Waals surface area (Å²) in [5.41, 5.74) is 3.59. The van der Waals surface area contributed by atoms with Crippen LogP contribution in [0.15, 0.2) is 53.6 Å². The van der Waals surface area contributed by atoms with Gasteiger partial charge in [-0.3, -0.25) is 9.59 Å². The molecule has 1 atom stereocenters. The Hall–Kier alpha value is -3.88. The largest absolute Gasteiger partial charge is 0.490 e. The molecule has 9 heteroatoms. The van der Waals surface area contributed by atoms with Gasteiger partial charge in [-0.05, 0) is 43.2 Å². The van der Waals surface area contributed by atoms with Gasteiger partial charge < -0.3 is 19.9 Å². The molecule has 0 aliphatic carbocycles. The molecule has 2 aromatic rings. The zero-order chi connectivity index (χ0) is 21.9. The molecule has 0 saturated heterocycles. The number of aliphatic carboxylic acids is 1. The van der Waals surface area contributed by atoms with Crippen LogP contribution in [0.1, 0.15) is 31.0 Å². The van der Waals surface area contributed by atoms with Crippen molar-refractivity contribution < 1.29 is 29.0 Å². The number of hydrazone groups is 1. The van der Waals surface area contributed by atoms with Crippen LogP contribution >= 0.6 is 0 Å². The van der Waals surface area contributed by atoms with Crippen molar-refractivity contribution in [1.82, 2.24) is 10.7 Å². The average molecular weight is 413 g/mol. The second-order valence-electron chi connectivity index (χ2n) is 6.13. The van der Waals surface area contributed by atoms with E-state index in [1.54, 1.807) is 26.0 Å². The van der Waals surface area contributed by atoms with Crippen LogP contribution in [0.25, 0.3) is 0 Å².